The first-order valence-corrected chi connectivity index (χ1v) is 8.71. The molecule has 0 saturated carbocycles. The number of allylic oxidation sites excluding steroid dienone is 4. The van der Waals surface area contributed by atoms with Crippen LogP contribution >= 0.6 is 0 Å². The minimum absolute atomic E-state index is 0.0349. The minimum Gasteiger partial charge on any atom is -0.469 e. The van der Waals surface area contributed by atoms with E-state index in [-0.39, 0.29) is 17.1 Å². The van der Waals surface area contributed by atoms with Crippen LogP contribution in [0.5, 0.6) is 0 Å². The molecule has 0 spiro atoms. The van der Waals surface area contributed by atoms with E-state index in [0.29, 0.717) is 12.5 Å². The van der Waals surface area contributed by atoms with E-state index in [2.05, 4.69) is 67.5 Å². The van der Waals surface area contributed by atoms with Crippen LogP contribution in [0.4, 0.5) is 0 Å². The molecule has 0 aromatic rings. The molecule has 0 aromatic carbocycles. The Hall–Kier alpha value is -0.760. The van der Waals surface area contributed by atoms with Gasteiger partial charge in [0, 0.05) is 11.8 Å². The van der Waals surface area contributed by atoms with Crippen molar-refractivity contribution in [1.82, 2.24) is 0 Å². The van der Waals surface area contributed by atoms with Crippen molar-refractivity contribution in [2.45, 2.75) is 80.9 Å². The first kappa shape index (κ1) is 19.3. The quantitative estimate of drug-likeness (QED) is 0.553. The maximum atomic E-state index is 6.21. The number of hydrogen-bond acceptors (Lipinski definition) is 2. The van der Waals surface area contributed by atoms with Crippen LogP contribution in [0.3, 0.4) is 0 Å². The van der Waals surface area contributed by atoms with Crippen molar-refractivity contribution >= 4 is 0 Å². The highest BCUT2D eigenvalue weighted by molar-refractivity contribution is 5.22. The molecule has 0 radical (unpaired) electrons. The van der Waals surface area contributed by atoms with Gasteiger partial charge in [-0.15, -0.1) is 0 Å². The van der Waals surface area contributed by atoms with Gasteiger partial charge in [-0.25, -0.2) is 0 Å². The van der Waals surface area contributed by atoms with E-state index in [1.807, 2.05) is 0 Å². The summed E-state index contributed by atoms with van der Waals surface area (Å²) in [4.78, 5) is 0. The number of hydrogen-bond donors (Lipinski definition) is 0. The summed E-state index contributed by atoms with van der Waals surface area (Å²) in [7, 11) is 0. The Bertz CT molecular complexity index is 404. The van der Waals surface area contributed by atoms with Crippen LogP contribution < -0.4 is 0 Å². The molecule has 0 fully saturated rings. The fourth-order valence-corrected chi connectivity index (χ4v) is 2.33. The Morgan fingerprint density at radius 2 is 1.68 bits per heavy atom. The van der Waals surface area contributed by atoms with Crippen molar-refractivity contribution < 1.29 is 9.47 Å². The van der Waals surface area contributed by atoms with E-state index >= 15 is 0 Å². The maximum Gasteiger partial charge on any atom is 0.204 e. The lowest BCUT2D eigenvalue weighted by molar-refractivity contribution is -0.186. The van der Waals surface area contributed by atoms with E-state index in [1.54, 1.807) is 0 Å². The predicted molar refractivity (Wildman–Crippen MR) is 94.6 cm³/mol. The molecule has 1 rings (SSSR count). The molecule has 0 heterocycles. The molecule has 2 heteroatoms. The van der Waals surface area contributed by atoms with Gasteiger partial charge in [-0.2, -0.15) is 0 Å². The molecule has 0 aromatic heterocycles. The van der Waals surface area contributed by atoms with Crippen molar-refractivity contribution in [3.63, 3.8) is 0 Å². The second-order valence-electron chi connectivity index (χ2n) is 8.87. The van der Waals surface area contributed by atoms with Gasteiger partial charge in [0.1, 0.15) is 0 Å². The molecule has 2 unspecified atom stereocenters. The molecule has 0 amide bonds. The molecule has 2 atom stereocenters. The van der Waals surface area contributed by atoms with E-state index in [0.717, 1.165) is 18.6 Å². The molecule has 22 heavy (non-hydrogen) atoms. The third-order valence-electron chi connectivity index (χ3n) is 4.02. The van der Waals surface area contributed by atoms with E-state index in [1.165, 1.54) is 12.0 Å². The maximum absolute atomic E-state index is 6.21. The Balaban J connectivity index is 2.71. The van der Waals surface area contributed by atoms with E-state index < -0.39 is 0 Å². The number of rotatable bonds is 6. The van der Waals surface area contributed by atoms with Gasteiger partial charge in [-0.05, 0) is 30.3 Å². The van der Waals surface area contributed by atoms with Crippen LogP contribution in [-0.2, 0) is 9.47 Å². The second-order valence-corrected chi connectivity index (χ2v) is 8.87. The first-order valence-electron chi connectivity index (χ1n) is 8.71. The highest BCUT2D eigenvalue weighted by atomic mass is 16.7. The van der Waals surface area contributed by atoms with Gasteiger partial charge in [0.05, 0.1) is 12.4 Å². The third kappa shape index (κ3) is 6.56. The van der Waals surface area contributed by atoms with Crippen LogP contribution in [0, 0.1) is 16.7 Å². The first-order chi connectivity index (χ1) is 10.0. The summed E-state index contributed by atoms with van der Waals surface area (Å²) in [6.07, 6.45) is 7.49. The molecule has 1 aliphatic rings. The summed E-state index contributed by atoms with van der Waals surface area (Å²) >= 11 is 0. The van der Waals surface area contributed by atoms with Crippen molar-refractivity contribution in [2.24, 2.45) is 16.7 Å². The van der Waals surface area contributed by atoms with Crippen molar-refractivity contribution in [2.75, 3.05) is 6.61 Å². The summed E-state index contributed by atoms with van der Waals surface area (Å²) < 4.78 is 12.3. The lowest BCUT2D eigenvalue weighted by atomic mass is 9.91. The summed E-state index contributed by atoms with van der Waals surface area (Å²) in [5.41, 5.74) is 1.65. The Morgan fingerprint density at radius 3 is 2.09 bits per heavy atom. The van der Waals surface area contributed by atoms with Gasteiger partial charge in [-0.1, -0.05) is 67.0 Å². The molecular formula is C20H36O2. The van der Waals surface area contributed by atoms with Crippen LogP contribution in [0.25, 0.3) is 0 Å². The van der Waals surface area contributed by atoms with E-state index in [4.69, 9.17) is 9.47 Å². The van der Waals surface area contributed by atoms with Crippen LogP contribution in [0.15, 0.2) is 23.5 Å². The third-order valence-corrected chi connectivity index (χ3v) is 4.02. The monoisotopic (exact) mass is 308 g/mol. The zero-order chi connectivity index (χ0) is 17.0. The molecule has 0 N–H and O–H groups in total. The van der Waals surface area contributed by atoms with Gasteiger partial charge in [0.25, 0.3) is 0 Å². The molecule has 0 bridgehead atoms. The normalized spacial score (nSPS) is 19.3. The number of ether oxygens (including phenoxy) is 2. The predicted octanol–water partition coefficient (Wildman–Crippen LogP) is 6.09. The summed E-state index contributed by atoms with van der Waals surface area (Å²) in [6, 6.07) is 0. The van der Waals surface area contributed by atoms with E-state index in [9.17, 15) is 0 Å². The molecule has 2 nitrogen and oxygen atoms in total. The Labute approximate surface area is 138 Å². The van der Waals surface area contributed by atoms with Crippen molar-refractivity contribution in [3.05, 3.63) is 23.5 Å². The SMILES string of the molecule is CCC(C)C1=CC=C(OC(OCC(C)(C)C)C(C)(C)C)CC1. The lowest BCUT2D eigenvalue weighted by Crippen LogP contribution is -2.34. The molecule has 128 valence electrons. The summed E-state index contributed by atoms with van der Waals surface area (Å²) in [5, 5.41) is 0. The van der Waals surface area contributed by atoms with Crippen LogP contribution in [0.1, 0.15) is 74.7 Å². The van der Waals surface area contributed by atoms with Crippen molar-refractivity contribution in [1.29, 1.82) is 0 Å². The average Bonchev–Trinajstić information content (AvgIpc) is 2.41. The summed E-state index contributed by atoms with van der Waals surface area (Å²) in [5.74, 6) is 1.73. The standard InChI is InChI=1S/C20H36O2/c1-9-15(2)16-10-12-17(13-11-16)22-18(20(6,7)8)21-14-19(3,4)5/h10,12,15,18H,9,11,13-14H2,1-8H3. The molecule has 0 aliphatic heterocycles. The smallest absolute Gasteiger partial charge is 0.204 e. The molecular weight excluding hydrogens is 272 g/mol. The van der Waals surface area contributed by atoms with Crippen LogP contribution in [-0.4, -0.2) is 12.9 Å². The highest BCUT2D eigenvalue weighted by Gasteiger charge is 2.30. The minimum atomic E-state index is -0.198. The Kier molecular flexibility index (Phi) is 6.73. The second kappa shape index (κ2) is 7.68. The van der Waals surface area contributed by atoms with Gasteiger partial charge in [0.2, 0.25) is 6.29 Å². The summed E-state index contributed by atoms with van der Waals surface area (Å²) in [6.45, 7) is 18.3. The fraction of sp³-hybridized carbons (Fsp3) is 0.800. The van der Waals surface area contributed by atoms with Gasteiger partial charge < -0.3 is 9.47 Å². The van der Waals surface area contributed by atoms with Gasteiger partial charge in [0.15, 0.2) is 0 Å². The van der Waals surface area contributed by atoms with Crippen molar-refractivity contribution in [3.8, 4) is 0 Å². The van der Waals surface area contributed by atoms with Gasteiger partial charge in [-0.3, -0.25) is 0 Å². The van der Waals surface area contributed by atoms with Crippen LogP contribution in [0.2, 0.25) is 0 Å². The van der Waals surface area contributed by atoms with Gasteiger partial charge >= 0.3 is 0 Å². The zero-order valence-electron chi connectivity index (χ0n) is 16.0. The lowest BCUT2D eigenvalue weighted by Gasteiger charge is -2.34. The zero-order valence-corrected chi connectivity index (χ0v) is 16.0. The Morgan fingerprint density at radius 1 is 1.05 bits per heavy atom. The largest absolute Gasteiger partial charge is 0.469 e. The topological polar surface area (TPSA) is 18.5 Å². The fourth-order valence-electron chi connectivity index (χ4n) is 2.33. The highest BCUT2D eigenvalue weighted by Crippen LogP contribution is 2.32. The molecule has 1 aliphatic carbocycles. The molecule has 0 saturated heterocycles. The average molecular weight is 309 g/mol.